The average molecular weight is 426 g/mol. The van der Waals surface area contributed by atoms with Gasteiger partial charge in [0.05, 0.1) is 19.4 Å². The number of nitrogens with zero attached hydrogens (tertiary/aromatic N) is 2. The van der Waals surface area contributed by atoms with Crippen molar-refractivity contribution in [1.29, 1.82) is 0 Å². The number of amides is 1. The Hall–Kier alpha value is -2.66. The summed E-state index contributed by atoms with van der Waals surface area (Å²) in [6.45, 7) is -0.509. The topological polar surface area (TPSA) is 89.6 Å². The number of aliphatic imine (C=N–C) groups is 1. The van der Waals surface area contributed by atoms with Gasteiger partial charge in [-0.05, 0) is 18.2 Å². The first-order valence-corrected chi connectivity index (χ1v) is 9.40. The number of aromatic nitrogens is 1. The molecule has 0 radical (unpaired) electrons. The molecule has 3 N–H and O–H groups in total. The number of hydrogen-bond acceptors (Lipinski definition) is 6. The Morgan fingerprint density at radius 2 is 2.00 bits per heavy atom. The zero-order chi connectivity index (χ0) is 20.8. The molecule has 0 unspecified atom stereocenters. The number of benzene rings is 1. The Morgan fingerprint density at radius 1 is 1.21 bits per heavy atom. The summed E-state index contributed by atoms with van der Waals surface area (Å²) in [7, 11) is 0. The number of ether oxygens (including phenoxy) is 1. The van der Waals surface area contributed by atoms with Crippen molar-refractivity contribution in [3.05, 3.63) is 59.2 Å². The number of hydrogen-bond donors (Lipinski definition) is 2. The molecule has 2 atom stereocenters. The van der Waals surface area contributed by atoms with Crippen molar-refractivity contribution < 1.29 is 27.1 Å². The van der Waals surface area contributed by atoms with E-state index in [2.05, 4.69) is 15.3 Å². The molecule has 1 saturated heterocycles. The highest BCUT2D eigenvalue weighted by molar-refractivity contribution is 8.13. The van der Waals surface area contributed by atoms with Crippen LogP contribution in [0.2, 0.25) is 0 Å². The first-order valence-electron chi connectivity index (χ1n) is 8.41. The van der Waals surface area contributed by atoms with Gasteiger partial charge in [0.1, 0.15) is 11.6 Å². The Morgan fingerprint density at radius 3 is 2.76 bits per heavy atom. The molecule has 152 valence electrons. The van der Waals surface area contributed by atoms with Gasteiger partial charge in [0.15, 0.2) is 27.9 Å². The maximum atomic E-state index is 15.5. The van der Waals surface area contributed by atoms with Gasteiger partial charge < -0.3 is 15.8 Å². The molecule has 2 aromatic rings. The maximum absolute atomic E-state index is 15.5. The third-order valence-corrected chi connectivity index (χ3v) is 5.81. The second kappa shape index (κ2) is 6.99. The van der Waals surface area contributed by atoms with E-state index >= 15 is 4.39 Å². The van der Waals surface area contributed by atoms with E-state index in [4.69, 9.17) is 10.5 Å². The second-order valence-corrected chi connectivity index (χ2v) is 7.69. The second-order valence-electron chi connectivity index (χ2n) is 6.69. The first kappa shape index (κ1) is 19.6. The smallest absolute Gasteiger partial charge is 0.277 e. The quantitative estimate of drug-likeness (QED) is 0.737. The Balaban J connectivity index is 1.72. The van der Waals surface area contributed by atoms with Crippen LogP contribution in [0.25, 0.3) is 0 Å². The molecule has 4 rings (SSSR count). The van der Waals surface area contributed by atoms with Crippen LogP contribution in [-0.4, -0.2) is 40.7 Å². The molecular formula is C18H14F4N4O2S. The highest BCUT2D eigenvalue weighted by Crippen LogP contribution is 2.50. The third kappa shape index (κ3) is 3.23. The van der Waals surface area contributed by atoms with Gasteiger partial charge in [-0.2, -0.15) is 0 Å². The number of fused-ring (bicyclic) bond motifs is 1. The fraction of sp³-hybridized carbons (Fsp3) is 0.278. The van der Waals surface area contributed by atoms with E-state index in [1.165, 1.54) is 12.1 Å². The number of pyridine rings is 1. The van der Waals surface area contributed by atoms with E-state index < -0.39 is 40.3 Å². The molecule has 6 nitrogen and oxygen atoms in total. The molecule has 0 bridgehead atoms. The van der Waals surface area contributed by atoms with Crippen molar-refractivity contribution in [3.63, 3.8) is 0 Å². The molecule has 2 aliphatic heterocycles. The number of nitrogens with one attached hydrogen (secondary N) is 1. The lowest BCUT2D eigenvalue weighted by molar-refractivity contribution is 0.101. The van der Waals surface area contributed by atoms with Crippen molar-refractivity contribution in [3.8, 4) is 0 Å². The van der Waals surface area contributed by atoms with E-state index in [0.717, 1.165) is 17.8 Å². The van der Waals surface area contributed by atoms with Crippen LogP contribution in [0.3, 0.4) is 0 Å². The van der Waals surface area contributed by atoms with E-state index in [1.54, 1.807) is 0 Å². The molecule has 3 heterocycles. The summed E-state index contributed by atoms with van der Waals surface area (Å²) in [4.78, 5) is 19.9. The minimum Gasteiger partial charge on any atom is -0.379 e. The predicted molar refractivity (Wildman–Crippen MR) is 98.9 cm³/mol. The van der Waals surface area contributed by atoms with Crippen molar-refractivity contribution in [2.24, 2.45) is 10.7 Å². The molecule has 0 aliphatic carbocycles. The Kier molecular flexibility index (Phi) is 4.74. The molecule has 1 aromatic heterocycles. The van der Waals surface area contributed by atoms with Crippen molar-refractivity contribution >= 4 is 28.5 Å². The van der Waals surface area contributed by atoms with Gasteiger partial charge in [-0.25, -0.2) is 27.5 Å². The van der Waals surface area contributed by atoms with Crippen LogP contribution in [0.4, 0.5) is 23.2 Å². The molecule has 1 fully saturated rings. The fourth-order valence-corrected chi connectivity index (χ4v) is 4.30. The summed E-state index contributed by atoms with van der Waals surface area (Å²) in [5.41, 5.74) is 1.33. The summed E-state index contributed by atoms with van der Waals surface area (Å²) in [6, 6.07) is 3.96. The predicted octanol–water partition coefficient (Wildman–Crippen LogP) is 2.75. The normalized spacial score (nSPS) is 26.0. The van der Waals surface area contributed by atoms with Crippen LogP contribution in [0, 0.1) is 17.5 Å². The monoisotopic (exact) mass is 426 g/mol. The number of halogens is 4. The molecule has 0 spiro atoms. The number of anilines is 1. The Labute approximate surface area is 166 Å². The van der Waals surface area contributed by atoms with E-state index in [1.807, 2.05) is 0 Å². The maximum Gasteiger partial charge on any atom is 0.277 e. The number of amidine groups is 1. The van der Waals surface area contributed by atoms with Crippen LogP contribution >= 0.6 is 11.8 Å². The van der Waals surface area contributed by atoms with Gasteiger partial charge in [-0.15, -0.1) is 0 Å². The zero-order valence-electron chi connectivity index (χ0n) is 14.7. The number of nitrogens with two attached hydrogens (primary N) is 1. The molecule has 1 aromatic carbocycles. The summed E-state index contributed by atoms with van der Waals surface area (Å²) in [5, 5.41) is 2.44. The van der Waals surface area contributed by atoms with Crippen molar-refractivity contribution in [2.75, 3.05) is 24.3 Å². The SMILES string of the molecule is NC1=N[C@@]2(c3cc(NC(=O)c4ncc(F)cc4F)ccc3F)COC[C@@]2(F)CS1. The lowest BCUT2D eigenvalue weighted by atomic mass is 9.79. The number of alkyl halides is 1. The van der Waals surface area contributed by atoms with Crippen molar-refractivity contribution in [1.82, 2.24) is 4.98 Å². The van der Waals surface area contributed by atoms with Crippen LogP contribution in [0.5, 0.6) is 0 Å². The van der Waals surface area contributed by atoms with Crippen molar-refractivity contribution in [2.45, 2.75) is 11.2 Å². The molecule has 11 heteroatoms. The highest BCUT2D eigenvalue weighted by atomic mass is 32.2. The lowest BCUT2D eigenvalue weighted by Gasteiger charge is -2.38. The number of thioether (sulfide) groups is 1. The van der Waals surface area contributed by atoms with Gasteiger partial charge in [0.25, 0.3) is 5.91 Å². The fourth-order valence-electron chi connectivity index (χ4n) is 3.38. The van der Waals surface area contributed by atoms with E-state index in [0.29, 0.717) is 12.3 Å². The third-order valence-electron chi connectivity index (χ3n) is 4.83. The molecule has 1 amide bonds. The Bertz CT molecular complexity index is 1040. The van der Waals surface area contributed by atoms with Crippen LogP contribution in [0.1, 0.15) is 16.1 Å². The van der Waals surface area contributed by atoms with E-state index in [-0.39, 0.29) is 35.4 Å². The number of carbonyl (C=O) groups excluding carboxylic acids is 1. The zero-order valence-corrected chi connectivity index (χ0v) is 15.5. The molecule has 0 saturated carbocycles. The van der Waals surface area contributed by atoms with E-state index in [9.17, 15) is 18.0 Å². The minimum atomic E-state index is -1.99. The summed E-state index contributed by atoms with van der Waals surface area (Å²) in [5.74, 6) is -3.90. The molecule has 2 aliphatic rings. The van der Waals surface area contributed by atoms with Gasteiger partial charge >= 0.3 is 0 Å². The lowest BCUT2D eigenvalue weighted by Crippen LogP contribution is -2.52. The molecule has 29 heavy (non-hydrogen) atoms. The van der Waals surface area contributed by atoms with Crippen LogP contribution < -0.4 is 11.1 Å². The standard InChI is InChI=1S/C18H14F4N4O2S/c19-9-3-13(21)14(24-5-9)15(27)25-10-1-2-12(20)11(4-10)18-7-28-6-17(18,22)8-29-16(23)26-18/h1-5H,6-8H2,(H2,23,26)(H,25,27)/t17-,18-/m1/s1. The van der Waals surface area contributed by atoms with Crippen LogP contribution in [-0.2, 0) is 10.3 Å². The van der Waals surface area contributed by atoms with Gasteiger partial charge in [-0.3, -0.25) is 4.79 Å². The number of rotatable bonds is 3. The molecular weight excluding hydrogens is 412 g/mol. The van der Waals surface area contributed by atoms with Gasteiger partial charge in [0, 0.05) is 23.1 Å². The summed E-state index contributed by atoms with van der Waals surface area (Å²) < 4.78 is 62.3. The van der Waals surface area contributed by atoms with Crippen LogP contribution in [0.15, 0.2) is 35.5 Å². The average Bonchev–Trinajstić information content (AvgIpc) is 3.00. The van der Waals surface area contributed by atoms with Gasteiger partial charge in [0.2, 0.25) is 0 Å². The summed E-state index contributed by atoms with van der Waals surface area (Å²) >= 11 is 1.01. The summed E-state index contributed by atoms with van der Waals surface area (Å²) in [6.07, 6.45) is 0.692. The largest absolute Gasteiger partial charge is 0.379 e. The minimum absolute atomic E-state index is 0.0487. The first-order chi connectivity index (χ1) is 13.7. The van der Waals surface area contributed by atoms with Gasteiger partial charge in [-0.1, -0.05) is 11.8 Å². The number of carbonyl (C=O) groups is 1. The highest BCUT2D eigenvalue weighted by Gasteiger charge is 2.61.